The average Bonchev–Trinajstić information content (AvgIpc) is 3.50. The molecule has 6 rings (SSSR count). The van der Waals surface area contributed by atoms with Gasteiger partial charge in [-0.15, -0.1) is 0 Å². The second-order valence-electron chi connectivity index (χ2n) is 10.3. The second kappa shape index (κ2) is 10.8. The first-order chi connectivity index (χ1) is 18.6. The third-order valence-electron chi connectivity index (χ3n) is 7.48. The summed E-state index contributed by atoms with van der Waals surface area (Å²) in [6.45, 7) is 3.98. The molecule has 0 bridgehead atoms. The maximum atomic E-state index is 13.0. The number of nitrogens with one attached hydrogen (secondary N) is 1. The van der Waals surface area contributed by atoms with Crippen molar-refractivity contribution in [3.8, 4) is 17.0 Å². The van der Waals surface area contributed by atoms with Gasteiger partial charge in [0.2, 0.25) is 0 Å². The summed E-state index contributed by atoms with van der Waals surface area (Å²) in [5.74, 6) is 1.29. The first kappa shape index (κ1) is 24.4. The first-order valence-electron chi connectivity index (χ1n) is 13.5. The van der Waals surface area contributed by atoms with Crippen molar-refractivity contribution in [2.24, 2.45) is 0 Å². The fourth-order valence-electron chi connectivity index (χ4n) is 5.23. The highest BCUT2D eigenvalue weighted by molar-refractivity contribution is 6.05. The molecule has 7 heteroatoms. The van der Waals surface area contributed by atoms with Crippen LogP contribution >= 0.6 is 0 Å². The maximum Gasteiger partial charge on any atom is 0.258 e. The van der Waals surface area contributed by atoms with Gasteiger partial charge in [-0.3, -0.25) is 4.79 Å². The fraction of sp³-hybridized carbons (Fsp3) is 0.323. The van der Waals surface area contributed by atoms with Crippen molar-refractivity contribution in [2.45, 2.75) is 31.8 Å². The van der Waals surface area contributed by atoms with Gasteiger partial charge in [0, 0.05) is 37.4 Å². The largest absolute Gasteiger partial charge is 0.472 e. The van der Waals surface area contributed by atoms with E-state index < -0.39 is 0 Å². The van der Waals surface area contributed by atoms with Crippen molar-refractivity contribution in [1.82, 2.24) is 14.9 Å². The molecule has 1 amide bonds. The molecule has 4 aromatic rings. The Morgan fingerprint density at radius 3 is 2.29 bits per heavy atom. The summed E-state index contributed by atoms with van der Waals surface area (Å²) in [6, 6.07) is 23.5. The van der Waals surface area contributed by atoms with Gasteiger partial charge < -0.3 is 19.9 Å². The van der Waals surface area contributed by atoms with Gasteiger partial charge in [-0.2, -0.15) is 0 Å². The third kappa shape index (κ3) is 5.34. The van der Waals surface area contributed by atoms with Gasteiger partial charge in [0.05, 0.1) is 11.0 Å². The molecule has 2 fully saturated rings. The van der Waals surface area contributed by atoms with Crippen LogP contribution in [0.2, 0.25) is 0 Å². The van der Waals surface area contributed by atoms with E-state index in [9.17, 15) is 4.79 Å². The standard InChI is InChI=1S/C31H33N5O2/c1-35-19-15-26(16-20-35)38-31-29(36-17-5-6-18-36)33-28-21-25(13-14-27(28)34-31)32-30(37)24-11-9-23(10-12-24)22-7-3-2-4-8-22/h2-4,7-14,21,26H,5-6,15-20H2,1H3,(H,32,37). The van der Waals surface area contributed by atoms with Crippen molar-refractivity contribution < 1.29 is 9.53 Å². The van der Waals surface area contributed by atoms with Crippen molar-refractivity contribution >= 4 is 28.4 Å². The summed E-state index contributed by atoms with van der Waals surface area (Å²) in [5.41, 5.74) is 5.02. The lowest BCUT2D eigenvalue weighted by Crippen LogP contribution is -2.36. The van der Waals surface area contributed by atoms with Crippen LogP contribution in [-0.2, 0) is 0 Å². The van der Waals surface area contributed by atoms with E-state index in [1.807, 2.05) is 60.7 Å². The van der Waals surface area contributed by atoms with Crippen molar-refractivity contribution in [3.05, 3.63) is 78.4 Å². The lowest BCUT2D eigenvalue weighted by molar-refractivity contribution is 0.102. The molecule has 0 atom stereocenters. The van der Waals surface area contributed by atoms with Gasteiger partial charge in [-0.05, 0) is 74.2 Å². The number of aromatic nitrogens is 2. The number of amides is 1. The van der Waals surface area contributed by atoms with Crippen LogP contribution in [0, 0.1) is 0 Å². The molecule has 0 saturated carbocycles. The van der Waals surface area contributed by atoms with E-state index in [-0.39, 0.29) is 12.0 Å². The van der Waals surface area contributed by atoms with E-state index in [0.29, 0.717) is 17.1 Å². The van der Waals surface area contributed by atoms with Gasteiger partial charge in [0.25, 0.3) is 11.8 Å². The Hall–Kier alpha value is -3.97. The Kier molecular flexibility index (Phi) is 6.92. The van der Waals surface area contributed by atoms with E-state index >= 15 is 0 Å². The molecular weight excluding hydrogens is 474 g/mol. The Labute approximate surface area is 223 Å². The van der Waals surface area contributed by atoms with Crippen LogP contribution in [0.4, 0.5) is 11.5 Å². The number of anilines is 2. The zero-order valence-corrected chi connectivity index (χ0v) is 21.8. The molecule has 38 heavy (non-hydrogen) atoms. The zero-order chi connectivity index (χ0) is 25.9. The van der Waals surface area contributed by atoms with Crippen LogP contribution in [0.1, 0.15) is 36.0 Å². The van der Waals surface area contributed by atoms with Crippen molar-refractivity contribution in [2.75, 3.05) is 43.4 Å². The van der Waals surface area contributed by atoms with E-state index in [2.05, 4.69) is 34.3 Å². The zero-order valence-electron chi connectivity index (χ0n) is 21.8. The van der Waals surface area contributed by atoms with Crippen molar-refractivity contribution in [1.29, 1.82) is 0 Å². The van der Waals surface area contributed by atoms with Crippen LogP contribution in [0.3, 0.4) is 0 Å². The lowest BCUT2D eigenvalue weighted by Gasteiger charge is -2.30. The molecule has 0 spiro atoms. The number of ether oxygens (including phenoxy) is 1. The molecule has 0 radical (unpaired) electrons. The molecule has 2 aliphatic heterocycles. The van der Waals surface area contributed by atoms with Gasteiger partial charge in [0.15, 0.2) is 5.82 Å². The summed E-state index contributed by atoms with van der Waals surface area (Å²) in [7, 11) is 2.15. The number of nitrogens with zero attached hydrogens (tertiary/aromatic N) is 4. The number of piperidine rings is 1. The SMILES string of the molecule is CN1CCC(Oc2nc3ccc(NC(=O)c4ccc(-c5ccccc5)cc4)cc3nc2N2CCCC2)CC1. The van der Waals surface area contributed by atoms with Gasteiger partial charge in [-0.1, -0.05) is 42.5 Å². The highest BCUT2D eigenvalue weighted by Gasteiger charge is 2.25. The maximum absolute atomic E-state index is 13.0. The van der Waals surface area contributed by atoms with Gasteiger partial charge in [-0.25, -0.2) is 9.97 Å². The summed E-state index contributed by atoms with van der Waals surface area (Å²) >= 11 is 0. The molecule has 3 heterocycles. The highest BCUT2D eigenvalue weighted by Crippen LogP contribution is 2.32. The normalized spacial score (nSPS) is 16.6. The molecule has 0 unspecified atom stereocenters. The summed E-state index contributed by atoms with van der Waals surface area (Å²) in [4.78, 5) is 27.5. The summed E-state index contributed by atoms with van der Waals surface area (Å²) in [5, 5.41) is 3.03. The number of hydrogen-bond acceptors (Lipinski definition) is 6. The Balaban J connectivity index is 1.22. The molecule has 1 aromatic heterocycles. The quantitative estimate of drug-likeness (QED) is 0.365. The van der Waals surface area contributed by atoms with E-state index in [1.54, 1.807) is 0 Å². The predicted octanol–water partition coefficient (Wildman–Crippen LogP) is 5.62. The minimum Gasteiger partial charge on any atom is -0.472 e. The Morgan fingerprint density at radius 1 is 0.842 bits per heavy atom. The summed E-state index contributed by atoms with van der Waals surface area (Å²) < 4.78 is 6.44. The van der Waals surface area contributed by atoms with E-state index in [4.69, 9.17) is 14.7 Å². The number of likely N-dealkylation sites (tertiary alicyclic amines) is 1. The van der Waals surface area contributed by atoms with E-state index in [1.165, 1.54) is 0 Å². The van der Waals surface area contributed by atoms with Crippen LogP contribution in [0.15, 0.2) is 72.8 Å². The number of fused-ring (bicyclic) bond motifs is 1. The monoisotopic (exact) mass is 507 g/mol. The Bertz CT molecular complexity index is 1410. The number of hydrogen-bond donors (Lipinski definition) is 1. The second-order valence-corrected chi connectivity index (χ2v) is 10.3. The van der Waals surface area contributed by atoms with Crippen LogP contribution in [0.5, 0.6) is 5.88 Å². The first-order valence-corrected chi connectivity index (χ1v) is 13.5. The third-order valence-corrected chi connectivity index (χ3v) is 7.48. The molecule has 194 valence electrons. The van der Waals surface area contributed by atoms with Gasteiger partial charge in [0.1, 0.15) is 6.10 Å². The highest BCUT2D eigenvalue weighted by atomic mass is 16.5. The minimum absolute atomic E-state index is 0.154. The average molecular weight is 508 g/mol. The predicted molar refractivity (Wildman–Crippen MR) is 152 cm³/mol. The summed E-state index contributed by atoms with van der Waals surface area (Å²) in [6.07, 6.45) is 4.44. The van der Waals surface area contributed by atoms with Crippen LogP contribution < -0.4 is 15.0 Å². The van der Waals surface area contributed by atoms with Crippen LogP contribution in [-0.4, -0.2) is 60.1 Å². The number of carbonyl (C=O) groups is 1. The smallest absolute Gasteiger partial charge is 0.258 e. The molecule has 1 N–H and O–H groups in total. The number of carbonyl (C=O) groups excluding carboxylic acids is 1. The molecule has 3 aromatic carbocycles. The molecule has 2 aliphatic rings. The lowest BCUT2D eigenvalue weighted by atomic mass is 10.0. The molecule has 2 saturated heterocycles. The Morgan fingerprint density at radius 2 is 1.55 bits per heavy atom. The minimum atomic E-state index is -0.154. The number of rotatable bonds is 6. The topological polar surface area (TPSA) is 70.6 Å². The molecule has 7 nitrogen and oxygen atoms in total. The molecule has 0 aliphatic carbocycles. The number of benzene rings is 3. The van der Waals surface area contributed by atoms with Gasteiger partial charge >= 0.3 is 0 Å². The van der Waals surface area contributed by atoms with E-state index in [0.717, 1.165) is 79.8 Å². The molecular formula is C31H33N5O2. The van der Waals surface area contributed by atoms with Crippen molar-refractivity contribution in [3.63, 3.8) is 0 Å². The van der Waals surface area contributed by atoms with Crippen LogP contribution in [0.25, 0.3) is 22.2 Å². The fourth-order valence-corrected chi connectivity index (χ4v) is 5.23.